The van der Waals surface area contributed by atoms with Gasteiger partial charge in [-0.15, -0.1) is 10.2 Å². The first-order valence-corrected chi connectivity index (χ1v) is 10.4. The fraction of sp³-hybridized carbons (Fsp3) is 0.526. The van der Waals surface area contributed by atoms with Gasteiger partial charge in [-0.3, -0.25) is 19.5 Å². The smallest absolute Gasteiger partial charge is 0.284 e. The second-order valence-electron chi connectivity index (χ2n) is 7.65. The highest BCUT2D eigenvalue weighted by molar-refractivity contribution is 7.99. The Morgan fingerprint density at radius 3 is 2.54 bits per heavy atom. The van der Waals surface area contributed by atoms with Crippen LogP contribution in [0.25, 0.3) is 0 Å². The molecule has 4 rings (SSSR count). The van der Waals surface area contributed by atoms with Gasteiger partial charge in [0, 0.05) is 30.8 Å². The third kappa shape index (κ3) is 3.76. The molecule has 0 spiro atoms. The summed E-state index contributed by atoms with van der Waals surface area (Å²) < 4.78 is 2.14. The standard InChI is InChI=1S/C19H23N5O3S/c1-12-7-9-22(10-8-12)18-20-21-19(23(18)15-4-5-15)28-17-6-3-14(13(2)25)11-16(17)24(26)27/h3,6,11-12,15H,4-5,7-10H2,1-2H3. The summed E-state index contributed by atoms with van der Waals surface area (Å²) >= 11 is 1.25. The number of nitrogens with zero attached hydrogens (tertiary/aromatic N) is 5. The Kier molecular flexibility index (Phi) is 5.09. The number of benzene rings is 1. The van der Waals surface area contributed by atoms with Gasteiger partial charge < -0.3 is 4.90 Å². The van der Waals surface area contributed by atoms with Gasteiger partial charge in [0.2, 0.25) is 5.95 Å². The summed E-state index contributed by atoms with van der Waals surface area (Å²) in [6.07, 6.45) is 4.43. The number of nitro benzene ring substituents is 1. The summed E-state index contributed by atoms with van der Waals surface area (Å²) in [7, 11) is 0. The van der Waals surface area contributed by atoms with Crippen LogP contribution in [0.5, 0.6) is 0 Å². The summed E-state index contributed by atoms with van der Waals surface area (Å²) in [6.45, 7) is 5.60. The van der Waals surface area contributed by atoms with Gasteiger partial charge in [0.15, 0.2) is 10.9 Å². The second-order valence-corrected chi connectivity index (χ2v) is 8.66. The molecule has 8 nitrogen and oxygen atoms in total. The van der Waals surface area contributed by atoms with Crippen molar-refractivity contribution >= 4 is 29.2 Å². The summed E-state index contributed by atoms with van der Waals surface area (Å²) in [5.41, 5.74) is 0.263. The van der Waals surface area contributed by atoms with Crippen LogP contribution in [0.3, 0.4) is 0 Å². The maximum Gasteiger partial charge on any atom is 0.284 e. The molecule has 1 aromatic carbocycles. The first-order valence-electron chi connectivity index (χ1n) is 9.61. The minimum absolute atomic E-state index is 0.0728. The monoisotopic (exact) mass is 401 g/mol. The summed E-state index contributed by atoms with van der Waals surface area (Å²) in [6, 6.07) is 4.97. The van der Waals surface area contributed by atoms with Crippen LogP contribution in [0.15, 0.2) is 28.3 Å². The maximum atomic E-state index is 11.6. The van der Waals surface area contributed by atoms with Crippen molar-refractivity contribution in [1.29, 1.82) is 0 Å². The Balaban J connectivity index is 1.65. The van der Waals surface area contributed by atoms with E-state index in [0.29, 0.717) is 21.7 Å². The van der Waals surface area contributed by atoms with Crippen LogP contribution in [0.1, 0.15) is 55.9 Å². The van der Waals surface area contributed by atoms with E-state index in [1.165, 1.54) is 24.8 Å². The number of piperidine rings is 1. The van der Waals surface area contributed by atoms with E-state index in [1.807, 2.05) is 0 Å². The summed E-state index contributed by atoms with van der Waals surface area (Å²) in [5, 5.41) is 21.0. The van der Waals surface area contributed by atoms with Gasteiger partial charge in [-0.25, -0.2) is 0 Å². The number of hydrogen-bond donors (Lipinski definition) is 0. The van der Waals surface area contributed by atoms with Crippen LogP contribution in [0, 0.1) is 16.0 Å². The van der Waals surface area contributed by atoms with E-state index in [0.717, 1.165) is 50.6 Å². The van der Waals surface area contributed by atoms with Crippen LogP contribution >= 0.6 is 11.8 Å². The van der Waals surface area contributed by atoms with E-state index in [9.17, 15) is 14.9 Å². The fourth-order valence-corrected chi connectivity index (χ4v) is 4.46. The molecule has 28 heavy (non-hydrogen) atoms. The molecule has 0 bridgehead atoms. The molecule has 2 aromatic rings. The molecule has 0 amide bonds. The molecule has 0 N–H and O–H groups in total. The number of nitro groups is 1. The van der Waals surface area contributed by atoms with E-state index in [-0.39, 0.29) is 11.5 Å². The number of aromatic nitrogens is 3. The number of Topliss-reactive ketones (excluding diaryl/α,β-unsaturated/α-hetero) is 1. The van der Waals surface area contributed by atoms with Crippen molar-refractivity contribution in [3.05, 3.63) is 33.9 Å². The number of anilines is 1. The minimum Gasteiger partial charge on any atom is -0.341 e. The molecule has 9 heteroatoms. The lowest BCUT2D eigenvalue weighted by atomic mass is 10.00. The summed E-state index contributed by atoms with van der Waals surface area (Å²) in [4.78, 5) is 25.4. The zero-order valence-electron chi connectivity index (χ0n) is 16.0. The average molecular weight is 401 g/mol. The number of hydrogen-bond acceptors (Lipinski definition) is 7. The zero-order valence-corrected chi connectivity index (χ0v) is 16.8. The molecule has 1 aliphatic heterocycles. The molecule has 0 unspecified atom stereocenters. The van der Waals surface area contributed by atoms with Crippen LogP contribution < -0.4 is 4.90 Å². The molecule has 0 radical (unpaired) electrons. The van der Waals surface area contributed by atoms with Crippen molar-refractivity contribution in [2.24, 2.45) is 5.92 Å². The molecule has 1 saturated carbocycles. The molecule has 2 aliphatic rings. The second kappa shape index (κ2) is 7.54. The fourth-order valence-electron chi connectivity index (χ4n) is 3.48. The van der Waals surface area contributed by atoms with Crippen molar-refractivity contribution in [1.82, 2.24) is 14.8 Å². The van der Waals surface area contributed by atoms with Crippen molar-refractivity contribution in [2.45, 2.75) is 55.6 Å². The van der Waals surface area contributed by atoms with E-state index in [2.05, 4.69) is 26.6 Å². The summed E-state index contributed by atoms with van der Waals surface area (Å²) in [5.74, 6) is 1.41. The minimum atomic E-state index is -0.445. The largest absolute Gasteiger partial charge is 0.341 e. The van der Waals surface area contributed by atoms with Gasteiger partial charge in [0.1, 0.15) is 0 Å². The Morgan fingerprint density at radius 2 is 1.93 bits per heavy atom. The Bertz CT molecular complexity index is 916. The topological polar surface area (TPSA) is 94.2 Å². The normalized spacial score (nSPS) is 17.7. The Morgan fingerprint density at radius 1 is 1.21 bits per heavy atom. The molecule has 1 saturated heterocycles. The van der Waals surface area contributed by atoms with Gasteiger partial charge in [-0.05, 0) is 62.4 Å². The maximum absolute atomic E-state index is 11.6. The van der Waals surface area contributed by atoms with Gasteiger partial charge in [-0.2, -0.15) is 0 Å². The van der Waals surface area contributed by atoms with Crippen molar-refractivity contribution in [3.63, 3.8) is 0 Å². The van der Waals surface area contributed by atoms with Crippen molar-refractivity contribution in [3.8, 4) is 0 Å². The molecule has 2 fully saturated rings. The van der Waals surface area contributed by atoms with Gasteiger partial charge in [0.25, 0.3) is 5.69 Å². The lowest BCUT2D eigenvalue weighted by Crippen LogP contribution is -2.34. The average Bonchev–Trinajstić information content (AvgIpc) is 3.43. The lowest BCUT2D eigenvalue weighted by Gasteiger charge is -2.31. The third-order valence-electron chi connectivity index (χ3n) is 5.39. The SMILES string of the molecule is CC(=O)c1ccc(Sc2nnc(N3CCC(C)CC3)n2C2CC2)c([N+](=O)[O-])c1. The van der Waals surface area contributed by atoms with E-state index < -0.39 is 4.92 Å². The van der Waals surface area contributed by atoms with Gasteiger partial charge in [0.05, 0.1) is 9.82 Å². The lowest BCUT2D eigenvalue weighted by molar-refractivity contribution is -0.387. The van der Waals surface area contributed by atoms with Crippen LogP contribution in [-0.2, 0) is 0 Å². The molecule has 2 heterocycles. The number of ketones is 1. The van der Waals surface area contributed by atoms with Gasteiger partial charge >= 0.3 is 0 Å². The predicted molar refractivity (Wildman–Crippen MR) is 106 cm³/mol. The first kappa shape index (κ1) is 18.9. The predicted octanol–water partition coefficient (Wildman–Crippen LogP) is 4.11. The number of carbonyl (C=O) groups excluding carboxylic acids is 1. The highest BCUT2D eigenvalue weighted by Gasteiger charge is 2.33. The molecular weight excluding hydrogens is 378 g/mol. The molecular formula is C19H23N5O3S. The third-order valence-corrected chi connectivity index (χ3v) is 6.41. The quantitative estimate of drug-likeness (QED) is 0.408. The van der Waals surface area contributed by atoms with Crippen LogP contribution in [0.4, 0.5) is 11.6 Å². The Labute approximate surface area is 167 Å². The molecule has 148 valence electrons. The number of carbonyl (C=O) groups is 1. The highest BCUT2D eigenvalue weighted by atomic mass is 32.2. The van der Waals surface area contributed by atoms with Crippen molar-refractivity contribution in [2.75, 3.05) is 18.0 Å². The van der Waals surface area contributed by atoms with Crippen LogP contribution in [0.2, 0.25) is 0 Å². The van der Waals surface area contributed by atoms with E-state index in [4.69, 9.17) is 0 Å². The van der Waals surface area contributed by atoms with Crippen molar-refractivity contribution < 1.29 is 9.72 Å². The number of rotatable bonds is 6. The molecule has 0 atom stereocenters. The molecule has 1 aromatic heterocycles. The zero-order chi connectivity index (χ0) is 19.8. The Hall–Kier alpha value is -2.42. The van der Waals surface area contributed by atoms with E-state index >= 15 is 0 Å². The van der Waals surface area contributed by atoms with E-state index in [1.54, 1.807) is 12.1 Å². The highest BCUT2D eigenvalue weighted by Crippen LogP contribution is 2.44. The van der Waals surface area contributed by atoms with Gasteiger partial charge in [-0.1, -0.05) is 6.92 Å². The molecule has 1 aliphatic carbocycles. The van der Waals surface area contributed by atoms with Crippen LogP contribution in [-0.4, -0.2) is 38.6 Å². The first-order chi connectivity index (χ1) is 13.4.